The molecule has 0 radical (unpaired) electrons. The van der Waals surface area contributed by atoms with E-state index in [1.807, 2.05) is 0 Å². The minimum absolute atomic E-state index is 0.0129. The van der Waals surface area contributed by atoms with Crippen LogP contribution in [0.5, 0.6) is 0 Å². The zero-order valence-electron chi connectivity index (χ0n) is 17.6. The van der Waals surface area contributed by atoms with E-state index in [1.54, 1.807) is 0 Å². The quantitative estimate of drug-likeness (QED) is 0.0410. The van der Waals surface area contributed by atoms with E-state index in [9.17, 15) is 19.2 Å². The summed E-state index contributed by atoms with van der Waals surface area (Å²) < 4.78 is 4.38. The fraction of sp³-hybridized carbons (Fsp3) is 0.625. The summed E-state index contributed by atoms with van der Waals surface area (Å²) >= 11 is 0. The van der Waals surface area contributed by atoms with Gasteiger partial charge < -0.3 is 55.1 Å². The normalized spacial score (nSPS) is 12.7. The van der Waals surface area contributed by atoms with Gasteiger partial charge in [0.25, 0.3) is 0 Å². The Morgan fingerprint density at radius 3 is 1.50 bits per heavy atom. The minimum Gasteiger partial charge on any atom is -0.481 e. The van der Waals surface area contributed by atoms with Gasteiger partial charge in [-0.2, -0.15) is 0 Å². The highest BCUT2D eigenvalue weighted by molar-refractivity contribution is 5.92. The Morgan fingerprint density at radius 1 is 0.719 bits per heavy atom. The van der Waals surface area contributed by atoms with Gasteiger partial charge in [0, 0.05) is 13.1 Å². The zero-order chi connectivity index (χ0) is 25.3. The Labute approximate surface area is 184 Å². The average molecular weight is 463 g/mol. The Morgan fingerprint density at radius 2 is 1.12 bits per heavy atom. The molecule has 3 atom stereocenters. The van der Waals surface area contributed by atoms with Crippen molar-refractivity contribution in [2.45, 2.75) is 50.2 Å². The molecule has 0 fully saturated rings. The van der Waals surface area contributed by atoms with Crippen molar-refractivity contribution in [2.75, 3.05) is 13.1 Å². The summed E-state index contributed by atoms with van der Waals surface area (Å²) in [6, 6.07) is -3.27. The van der Waals surface area contributed by atoms with Gasteiger partial charge in [0.2, 0.25) is 0 Å². The van der Waals surface area contributed by atoms with Gasteiger partial charge in [0.05, 0.1) is 6.42 Å². The number of carbonyl (C=O) groups excluding carboxylic acids is 2. The smallest absolute Gasteiger partial charge is 0.331 e. The van der Waals surface area contributed by atoms with E-state index in [-0.39, 0.29) is 24.9 Å². The first-order valence-electron chi connectivity index (χ1n) is 9.35. The van der Waals surface area contributed by atoms with Crippen LogP contribution in [0.1, 0.15) is 32.1 Å². The lowest BCUT2D eigenvalue weighted by Gasteiger charge is -2.12. The Kier molecular flexibility index (Phi) is 16.5. The summed E-state index contributed by atoms with van der Waals surface area (Å²) in [4.78, 5) is 50.6. The van der Waals surface area contributed by atoms with E-state index >= 15 is 0 Å². The first kappa shape index (κ1) is 30.7. The van der Waals surface area contributed by atoms with Gasteiger partial charge in [-0.1, -0.05) is 0 Å². The fourth-order valence-corrected chi connectivity index (χ4v) is 1.80. The highest BCUT2D eigenvalue weighted by atomic mass is 16.6. The van der Waals surface area contributed by atoms with Crippen LogP contribution in [0.25, 0.3) is 0 Å². The molecule has 0 aromatic carbocycles. The number of hydrogen-bond donors (Lipinski definition) is 9. The van der Waals surface area contributed by atoms with Gasteiger partial charge in [0.1, 0.15) is 18.1 Å². The van der Waals surface area contributed by atoms with Crippen molar-refractivity contribution < 1.29 is 34.1 Å². The second kappa shape index (κ2) is 17.2. The molecule has 0 heterocycles. The molecule has 0 bridgehead atoms. The van der Waals surface area contributed by atoms with Crippen molar-refractivity contribution in [3.8, 4) is 0 Å². The van der Waals surface area contributed by atoms with E-state index < -0.39 is 48.4 Å². The number of guanidine groups is 2. The number of nitrogens with zero attached hydrogens (tertiary/aromatic N) is 2. The number of hydrogen-bond acceptors (Lipinski definition) is 10. The molecule has 3 unspecified atom stereocenters. The van der Waals surface area contributed by atoms with Crippen LogP contribution in [0.15, 0.2) is 9.98 Å². The van der Waals surface area contributed by atoms with Gasteiger partial charge in [-0.15, -0.1) is 0 Å². The molecule has 16 heteroatoms. The Bertz CT molecular complexity index is 677. The first-order chi connectivity index (χ1) is 14.8. The molecule has 0 amide bonds. The van der Waals surface area contributed by atoms with Crippen LogP contribution < -0.4 is 40.1 Å². The lowest BCUT2D eigenvalue weighted by Crippen LogP contribution is -2.40. The maximum Gasteiger partial charge on any atom is 0.331 e. The molecule has 0 rings (SSSR count). The van der Waals surface area contributed by atoms with Crippen molar-refractivity contribution in [3.63, 3.8) is 0 Å². The second-order valence-electron chi connectivity index (χ2n) is 6.39. The molecule has 0 aliphatic carbocycles. The SMILES string of the molecule is NC(N)=NCCCC(N)C(=O)O.NC(N)=NCCCC(N)C(=O)OC(=O)C(N)CC(=O)O. The lowest BCUT2D eigenvalue weighted by atomic mass is 10.1. The zero-order valence-corrected chi connectivity index (χ0v) is 17.6. The Balaban J connectivity index is 0. The molecule has 32 heavy (non-hydrogen) atoms. The highest BCUT2D eigenvalue weighted by Gasteiger charge is 2.24. The third-order valence-corrected chi connectivity index (χ3v) is 3.45. The summed E-state index contributed by atoms with van der Waals surface area (Å²) in [5, 5.41) is 16.8. The summed E-state index contributed by atoms with van der Waals surface area (Å²) in [7, 11) is 0. The molecule has 0 aliphatic rings. The van der Waals surface area contributed by atoms with Crippen molar-refractivity contribution in [3.05, 3.63) is 0 Å². The van der Waals surface area contributed by atoms with Crippen LogP contribution in [0.3, 0.4) is 0 Å². The van der Waals surface area contributed by atoms with Gasteiger partial charge in [-0.05, 0) is 25.7 Å². The van der Waals surface area contributed by atoms with Crippen LogP contribution in [-0.4, -0.2) is 77.2 Å². The van der Waals surface area contributed by atoms with E-state index in [0.717, 1.165) is 0 Å². The molecule has 0 aromatic heterocycles. The molecule has 0 aliphatic heterocycles. The van der Waals surface area contributed by atoms with Crippen LogP contribution in [0.2, 0.25) is 0 Å². The standard InChI is InChI=1S/C10H19N5O5.C6H14N4O2/c11-5(2-1-3-15-10(13)14)8(18)20-9(19)6(12)4-7(16)17;7-4(5(11)12)2-1-3-10-6(8)9/h5-6H,1-4,11-12H2,(H,16,17)(H4,13,14,15);4H,1-3,7H2,(H,11,12)(H4,8,9,10). The molecule has 0 aromatic rings. The largest absolute Gasteiger partial charge is 0.481 e. The van der Waals surface area contributed by atoms with Crippen LogP contribution in [0.4, 0.5) is 0 Å². The number of rotatable bonds is 13. The van der Waals surface area contributed by atoms with Gasteiger partial charge in [-0.25, -0.2) is 9.59 Å². The number of carboxylic acids is 2. The summed E-state index contributed by atoms with van der Waals surface area (Å²) in [5.74, 6) is -4.43. The molecule has 0 saturated heterocycles. The van der Waals surface area contributed by atoms with Gasteiger partial charge in [0.15, 0.2) is 11.9 Å². The maximum atomic E-state index is 11.4. The monoisotopic (exact) mass is 463 g/mol. The molecular formula is C16H33N9O7. The fourth-order valence-electron chi connectivity index (χ4n) is 1.80. The molecule has 16 N–H and O–H groups in total. The number of esters is 2. The van der Waals surface area contributed by atoms with Crippen molar-refractivity contribution in [1.29, 1.82) is 0 Å². The number of carbonyl (C=O) groups is 4. The van der Waals surface area contributed by atoms with Crippen LogP contribution in [-0.2, 0) is 23.9 Å². The number of nitrogens with two attached hydrogens (primary N) is 7. The van der Waals surface area contributed by atoms with E-state index in [4.69, 9.17) is 50.3 Å². The average Bonchev–Trinajstić information content (AvgIpc) is 2.67. The van der Waals surface area contributed by atoms with E-state index in [2.05, 4.69) is 14.7 Å². The first-order valence-corrected chi connectivity index (χ1v) is 9.35. The highest BCUT2D eigenvalue weighted by Crippen LogP contribution is 2.00. The predicted molar refractivity (Wildman–Crippen MR) is 115 cm³/mol. The molecule has 0 saturated carbocycles. The summed E-state index contributed by atoms with van der Waals surface area (Å²) in [6.07, 6.45) is 0.948. The topological polar surface area (TPSA) is 325 Å². The predicted octanol–water partition coefficient (Wildman–Crippen LogP) is -4.31. The van der Waals surface area contributed by atoms with Crippen LogP contribution in [0, 0.1) is 0 Å². The van der Waals surface area contributed by atoms with E-state index in [0.29, 0.717) is 25.8 Å². The molecule has 0 spiro atoms. The molecule has 184 valence electrons. The van der Waals surface area contributed by atoms with Gasteiger partial charge in [-0.3, -0.25) is 19.6 Å². The lowest BCUT2D eigenvalue weighted by molar-refractivity contribution is -0.163. The number of carboxylic acid groups (broad SMARTS) is 2. The molecular weight excluding hydrogens is 430 g/mol. The third kappa shape index (κ3) is 18.5. The minimum atomic E-state index is -1.41. The number of ether oxygens (including phenoxy) is 1. The summed E-state index contributed by atoms with van der Waals surface area (Å²) in [6.45, 7) is 0.707. The van der Waals surface area contributed by atoms with Crippen molar-refractivity contribution in [2.24, 2.45) is 50.1 Å². The number of aliphatic imine (C=N–C) groups is 2. The van der Waals surface area contributed by atoms with Crippen molar-refractivity contribution in [1.82, 2.24) is 0 Å². The molecule has 16 nitrogen and oxygen atoms in total. The number of aliphatic carboxylic acids is 2. The van der Waals surface area contributed by atoms with Gasteiger partial charge >= 0.3 is 23.9 Å². The third-order valence-electron chi connectivity index (χ3n) is 3.45. The Hall–Kier alpha value is -3.50. The summed E-state index contributed by atoms with van der Waals surface area (Å²) in [5.41, 5.74) is 36.3. The van der Waals surface area contributed by atoms with Crippen molar-refractivity contribution >= 4 is 35.8 Å². The van der Waals surface area contributed by atoms with Crippen LogP contribution >= 0.6 is 0 Å². The maximum absolute atomic E-state index is 11.4. The van der Waals surface area contributed by atoms with E-state index in [1.165, 1.54) is 0 Å². The second-order valence-corrected chi connectivity index (χ2v) is 6.39.